The SMILES string of the molecule is CCCCCCSc1c(CC)nn[nH]c1=O. The first-order valence-corrected chi connectivity index (χ1v) is 6.85. The van der Waals surface area contributed by atoms with Gasteiger partial charge in [-0.2, -0.15) is 0 Å². The number of aromatic nitrogens is 3. The van der Waals surface area contributed by atoms with Gasteiger partial charge in [0.1, 0.15) is 0 Å². The van der Waals surface area contributed by atoms with E-state index >= 15 is 0 Å². The van der Waals surface area contributed by atoms with Crippen molar-refractivity contribution in [2.24, 2.45) is 0 Å². The van der Waals surface area contributed by atoms with Crippen LogP contribution in [-0.2, 0) is 6.42 Å². The maximum absolute atomic E-state index is 11.5. The van der Waals surface area contributed by atoms with Crippen LogP contribution in [0.15, 0.2) is 9.69 Å². The molecule has 1 aromatic rings. The van der Waals surface area contributed by atoms with Gasteiger partial charge >= 0.3 is 0 Å². The van der Waals surface area contributed by atoms with E-state index in [0.717, 1.165) is 29.2 Å². The summed E-state index contributed by atoms with van der Waals surface area (Å²) in [7, 11) is 0. The quantitative estimate of drug-likeness (QED) is 0.588. The molecular formula is C11H19N3OS. The third kappa shape index (κ3) is 3.96. The summed E-state index contributed by atoms with van der Waals surface area (Å²) in [5.41, 5.74) is 0.705. The number of rotatable bonds is 7. The van der Waals surface area contributed by atoms with E-state index in [1.54, 1.807) is 11.8 Å². The highest BCUT2D eigenvalue weighted by Gasteiger charge is 2.07. The molecule has 0 bridgehead atoms. The van der Waals surface area contributed by atoms with Crippen molar-refractivity contribution in [1.82, 2.24) is 15.4 Å². The zero-order chi connectivity index (χ0) is 11.8. The highest BCUT2D eigenvalue weighted by molar-refractivity contribution is 7.99. The van der Waals surface area contributed by atoms with Gasteiger partial charge in [0.2, 0.25) is 0 Å². The van der Waals surface area contributed by atoms with Crippen molar-refractivity contribution >= 4 is 11.8 Å². The summed E-state index contributed by atoms with van der Waals surface area (Å²) in [6, 6.07) is 0. The Morgan fingerprint density at radius 1 is 1.25 bits per heavy atom. The molecule has 0 amide bonds. The molecule has 1 N–H and O–H groups in total. The molecule has 0 fully saturated rings. The molecule has 4 nitrogen and oxygen atoms in total. The van der Waals surface area contributed by atoms with Crippen molar-refractivity contribution in [3.8, 4) is 0 Å². The van der Waals surface area contributed by atoms with Crippen LogP contribution in [0.25, 0.3) is 0 Å². The number of nitrogens with one attached hydrogen (secondary N) is 1. The fourth-order valence-corrected chi connectivity index (χ4v) is 2.52. The monoisotopic (exact) mass is 241 g/mol. The molecule has 0 saturated heterocycles. The Balaban J connectivity index is 2.49. The predicted molar refractivity (Wildman–Crippen MR) is 66.9 cm³/mol. The van der Waals surface area contributed by atoms with Crippen LogP contribution in [0.2, 0.25) is 0 Å². The summed E-state index contributed by atoms with van der Waals surface area (Å²) >= 11 is 1.60. The molecule has 1 rings (SSSR count). The maximum atomic E-state index is 11.5. The molecule has 5 heteroatoms. The van der Waals surface area contributed by atoms with Gasteiger partial charge in [0.25, 0.3) is 5.56 Å². The van der Waals surface area contributed by atoms with E-state index in [-0.39, 0.29) is 5.56 Å². The molecule has 0 atom stereocenters. The van der Waals surface area contributed by atoms with Gasteiger partial charge in [-0.3, -0.25) is 4.79 Å². The van der Waals surface area contributed by atoms with Crippen molar-refractivity contribution in [3.05, 3.63) is 16.0 Å². The average molecular weight is 241 g/mol. The van der Waals surface area contributed by atoms with Crippen molar-refractivity contribution < 1.29 is 0 Å². The van der Waals surface area contributed by atoms with Gasteiger partial charge in [0, 0.05) is 0 Å². The molecule has 16 heavy (non-hydrogen) atoms. The van der Waals surface area contributed by atoms with Crippen molar-refractivity contribution in [1.29, 1.82) is 0 Å². The smallest absolute Gasteiger partial charge is 0.267 e. The second-order valence-electron chi connectivity index (χ2n) is 3.68. The number of nitrogens with zero attached hydrogens (tertiary/aromatic N) is 2. The van der Waals surface area contributed by atoms with Crippen LogP contribution in [0.1, 0.15) is 45.2 Å². The Hall–Kier alpha value is -0.840. The lowest BCUT2D eigenvalue weighted by atomic mass is 10.2. The van der Waals surface area contributed by atoms with E-state index in [2.05, 4.69) is 22.3 Å². The van der Waals surface area contributed by atoms with Crippen LogP contribution in [0.4, 0.5) is 0 Å². The van der Waals surface area contributed by atoms with Crippen LogP contribution < -0.4 is 5.56 Å². The number of aromatic amines is 1. The minimum atomic E-state index is -0.104. The van der Waals surface area contributed by atoms with Crippen molar-refractivity contribution in [2.75, 3.05) is 5.75 Å². The molecule has 0 radical (unpaired) electrons. The summed E-state index contributed by atoms with van der Waals surface area (Å²) in [5.74, 6) is 0.988. The summed E-state index contributed by atoms with van der Waals surface area (Å²) in [6.45, 7) is 4.18. The first-order valence-electron chi connectivity index (χ1n) is 5.86. The Morgan fingerprint density at radius 3 is 2.75 bits per heavy atom. The molecule has 0 aromatic carbocycles. The average Bonchev–Trinajstić information content (AvgIpc) is 2.30. The molecule has 1 heterocycles. The zero-order valence-electron chi connectivity index (χ0n) is 9.95. The van der Waals surface area contributed by atoms with E-state index in [0.29, 0.717) is 0 Å². The van der Waals surface area contributed by atoms with Gasteiger partial charge in [0.15, 0.2) is 0 Å². The fraction of sp³-hybridized carbons (Fsp3) is 0.727. The molecule has 0 spiro atoms. The Morgan fingerprint density at radius 2 is 2.06 bits per heavy atom. The second-order valence-corrected chi connectivity index (χ2v) is 4.78. The number of unbranched alkanes of at least 4 members (excludes halogenated alkanes) is 3. The Labute approximate surface area is 100 Å². The Kier molecular flexibility index (Phi) is 6.15. The lowest BCUT2D eigenvalue weighted by molar-refractivity contribution is 0.705. The highest BCUT2D eigenvalue weighted by Crippen LogP contribution is 2.18. The highest BCUT2D eigenvalue weighted by atomic mass is 32.2. The van der Waals surface area contributed by atoms with Gasteiger partial charge in [0.05, 0.1) is 10.6 Å². The number of hydrogen-bond acceptors (Lipinski definition) is 4. The molecule has 0 saturated carbocycles. The van der Waals surface area contributed by atoms with Gasteiger partial charge in [-0.15, -0.1) is 16.9 Å². The van der Waals surface area contributed by atoms with Gasteiger partial charge in [-0.05, 0) is 18.6 Å². The van der Waals surface area contributed by atoms with E-state index in [1.807, 2.05) is 6.92 Å². The predicted octanol–water partition coefficient (Wildman–Crippen LogP) is 2.40. The number of H-pyrrole nitrogens is 1. The number of aryl methyl sites for hydroxylation is 1. The molecule has 0 aliphatic carbocycles. The molecule has 90 valence electrons. The molecule has 0 unspecified atom stereocenters. The lowest BCUT2D eigenvalue weighted by Gasteiger charge is -2.03. The zero-order valence-corrected chi connectivity index (χ0v) is 10.8. The first-order chi connectivity index (χ1) is 7.79. The maximum Gasteiger partial charge on any atom is 0.281 e. The normalized spacial score (nSPS) is 10.6. The van der Waals surface area contributed by atoms with Gasteiger partial charge < -0.3 is 0 Å². The van der Waals surface area contributed by atoms with E-state index in [9.17, 15) is 4.79 Å². The van der Waals surface area contributed by atoms with Gasteiger partial charge in [-0.1, -0.05) is 38.3 Å². The fourth-order valence-electron chi connectivity index (χ4n) is 1.44. The first kappa shape index (κ1) is 13.2. The molecule has 0 aliphatic rings. The van der Waals surface area contributed by atoms with Crippen LogP contribution >= 0.6 is 11.8 Å². The third-order valence-electron chi connectivity index (χ3n) is 2.37. The number of thioether (sulfide) groups is 1. The second kappa shape index (κ2) is 7.44. The van der Waals surface area contributed by atoms with Crippen LogP contribution in [0, 0.1) is 0 Å². The largest absolute Gasteiger partial charge is 0.281 e. The minimum absolute atomic E-state index is 0.104. The lowest BCUT2D eigenvalue weighted by Crippen LogP contribution is -2.15. The van der Waals surface area contributed by atoms with E-state index in [1.165, 1.54) is 19.3 Å². The topological polar surface area (TPSA) is 58.6 Å². The van der Waals surface area contributed by atoms with Crippen LogP contribution in [-0.4, -0.2) is 21.2 Å². The van der Waals surface area contributed by atoms with Gasteiger partial charge in [-0.25, -0.2) is 5.10 Å². The Bertz CT molecular complexity index is 364. The summed E-state index contributed by atoms with van der Waals surface area (Å²) in [4.78, 5) is 12.3. The van der Waals surface area contributed by atoms with Crippen LogP contribution in [0.3, 0.4) is 0 Å². The molecule has 0 aliphatic heterocycles. The molecule has 1 aromatic heterocycles. The number of hydrogen-bond donors (Lipinski definition) is 1. The third-order valence-corrected chi connectivity index (χ3v) is 3.57. The van der Waals surface area contributed by atoms with E-state index < -0.39 is 0 Å². The van der Waals surface area contributed by atoms with E-state index in [4.69, 9.17) is 0 Å². The minimum Gasteiger partial charge on any atom is -0.267 e. The standard InChI is InChI=1S/C11H19N3OS/c1-3-5-6-7-8-16-10-9(4-2)12-14-13-11(10)15/h3-8H2,1-2H3,(H,12,13,15). The molecular weight excluding hydrogens is 222 g/mol. The summed E-state index contributed by atoms with van der Waals surface area (Å²) < 4.78 is 0. The van der Waals surface area contributed by atoms with Crippen molar-refractivity contribution in [2.45, 2.75) is 50.8 Å². The van der Waals surface area contributed by atoms with Crippen molar-refractivity contribution in [3.63, 3.8) is 0 Å². The van der Waals surface area contributed by atoms with Crippen LogP contribution in [0.5, 0.6) is 0 Å². The summed E-state index contributed by atoms with van der Waals surface area (Å²) in [5, 5.41) is 9.91. The summed E-state index contributed by atoms with van der Waals surface area (Å²) in [6.07, 6.45) is 5.66.